The zero-order valence-electron chi connectivity index (χ0n) is 14.0. The SMILES string of the molecule is CC(C)C(=O)N(Cc1cccn1Cc1ccccc1)C(C)C. The van der Waals surface area contributed by atoms with Gasteiger partial charge in [-0.1, -0.05) is 44.2 Å². The molecule has 0 atom stereocenters. The fraction of sp³-hybridized carbons (Fsp3) is 0.421. The standard InChI is InChI=1S/C19H26N2O/c1-15(2)19(22)21(16(3)4)14-18-11-8-12-20(18)13-17-9-6-5-7-10-17/h5-12,15-16H,13-14H2,1-4H3. The Morgan fingerprint density at radius 2 is 1.73 bits per heavy atom. The number of carbonyl (C=O) groups excluding carboxylic acids is 1. The van der Waals surface area contributed by atoms with Crippen molar-refractivity contribution in [2.45, 2.75) is 46.8 Å². The summed E-state index contributed by atoms with van der Waals surface area (Å²) in [6.07, 6.45) is 2.08. The smallest absolute Gasteiger partial charge is 0.225 e. The summed E-state index contributed by atoms with van der Waals surface area (Å²) in [6.45, 7) is 9.57. The van der Waals surface area contributed by atoms with E-state index in [1.54, 1.807) is 0 Å². The average molecular weight is 298 g/mol. The summed E-state index contributed by atoms with van der Waals surface area (Å²) < 4.78 is 2.22. The van der Waals surface area contributed by atoms with Crippen LogP contribution in [0, 0.1) is 5.92 Å². The minimum atomic E-state index is 0.0277. The lowest BCUT2D eigenvalue weighted by Gasteiger charge is -2.29. The zero-order valence-corrected chi connectivity index (χ0v) is 14.0. The number of hydrogen-bond donors (Lipinski definition) is 0. The third-order valence-electron chi connectivity index (χ3n) is 3.85. The molecule has 22 heavy (non-hydrogen) atoms. The summed E-state index contributed by atoms with van der Waals surface area (Å²) in [5, 5.41) is 0. The van der Waals surface area contributed by atoms with E-state index in [-0.39, 0.29) is 17.9 Å². The van der Waals surface area contributed by atoms with Crippen molar-refractivity contribution in [3.05, 3.63) is 59.9 Å². The van der Waals surface area contributed by atoms with Crippen molar-refractivity contribution in [3.63, 3.8) is 0 Å². The quantitative estimate of drug-likeness (QED) is 0.793. The van der Waals surface area contributed by atoms with E-state index < -0.39 is 0 Å². The second kappa shape index (κ2) is 7.30. The number of carbonyl (C=O) groups is 1. The molecule has 1 aromatic carbocycles. The maximum absolute atomic E-state index is 12.4. The van der Waals surface area contributed by atoms with Crippen LogP contribution in [0.15, 0.2) is 48.7 Å². The molecule has 0 saturated carbocycles. The van der Waals surface area contributed by atoms with Crippen LogP contribution in [-0.2, 0) is 17.9 Å². The van der Waals surface area contributed by atoms with Gasteiger partial charge in [-0.2, -0.15) is 0 Å². The van der Waals surface area contributed by atoms with E-state index in [1.807, 2.05) is 24.8 Å². The average Bonchev–Trinajstić information content (AvgIpc) is 2.91. The Labute approximate surface area is 133 Å². The summed E-state index contributed by atoms with van der Waals surface area (Å²) in [4.78, 5) is 14.4. The van der Waals surface area contributed by atoms with Gasteiger partial charge in [0, 0.05) is 30.4 Å². The van der Waals surface area contributed by atoms with E-state index >= 15 is 0 Å². The van der Waals surface area contributed by atoms with Gasteiger partial charge in [0.1, 0.15) is 0 Å². The molecule has 0 aliphatic carbocycles. The van der Waals surface area contributed by atoms with Gasteiger partial charge >= 0.3 is 0 Å². The molecule has 2 rings (SSSR count). The number of aromatic nitrogens is 1. The summed E-state index contributed by atoms with van der Waals surface area (Å²) in [7, 11) is 0. The summed E-state index contributed by atoms with van der Waals surface area (Å²) in [5.74, 6) is 0.238. The summed E-state index contributed by atoms with van der Waals surface area (Å²) in [6, 6.07) is 14.8. The predicted octanol–water partition coefficient (Wildman–Crippen LogP) is 3.93. The third-order valence-corrected chi connectivity index (χ3v) is 3.85. The molecule has 3 nitrogen and oxygen atoms in total. The van der Waals surface area contributed by atoms with Gasteiger partial charge in [0.2, 0.25) is 5.91 Å². The van der Waals surface area contributed by atoms with E-state index in [9.17, 15) is 4.79 Å². The molecule has 0 bridgehead atoms. The molecule has 2 aromatic rings. The van der Waals surface area contributed by atoms with E-state index in [0.29, 0.717) is 6.54 Å². The molecule has 0 aliphatic rings. The molecule has 0 spiro atoms. The normalized spacial score (nSPS) is 11.2. The topological polar surface area (TPSA) is 25.2 Å². The van der Waals surface area contributed by atoms with E-state index in [1.165, 1.54) is 11.3 Å². The monoisotopic (exact) mass is 298 g/mol. The highest BCUT2D eigenvalue weighted by molar-refractivity contribution is 5.78. The Kier molecular flexibility index (Phi) is 5.42. The number of nitrogens with zero attached hydrogens (tertiary/aromatic N) is 2. The minimum absolute atomic E-state index is 0.0277. The molecular weight excluding hydrogens is 272 g/mol. The number of rotatable bonds is 6. The van der Waals surface area contributed by atoms with Crippen molar-refractivity contribution < 1.29 is 4.79 Å². The molecule has 0 unspecified atom stereocenters. The first-order valence-corrected chi connectivity index (χ1v) is 7.97. The highest BCUT2D eigenvalue weighted by atomic mass is 16.2. The second-order valence-corrected chi connectivity index (χ2v) is 6.33. The van der Waals surface area contributed by atoms with E-state index in [4.69, 9.17) is 0 Å². The largest absolute Gasteiger partial charge is 0.345 e. The van der Waals surface area contributed by atoms with Gasteiger partial charge < -0.3 is 9.47 Å². The van der Waals surface area contributed by atoms with Crippen LogP contribution in [0.25, 0.3) is 0 Å². The highest BCUT2D eigenvalue weighted by Crippen LogP contribution is 2.15. The van der Waals surface area contributed by atoms with Gasteiger partial charge in [-0.3, -0.25) is 4.79 Å². The number of amides is 1. The van der Waals surface area contributed by atoms with Crippen molar-refractivity contribution in [2.24, 2.45) is 5.92 Å². The van der Waals surface area contributed by atoms with Crippen LogP contribution in [0.3, 0.4) is 0 Å². The summed E-state index contributed by atoms with van der Waals surface area (Å²) in [5.41, 5.74) is 2.44. The first-order chi connectivity index (χ1) is 10.5. The molecule has 0 saturated heterocycles. The first kappa shape index (κ1) is 16.3. The summed E-state index contributed by atoms with van der Waals surface area (Å²) >= 11 is 0. The molecule has 1 aromatic heterocycles. The van der Waals surface area contributed by atoms with Gasteiger partial charge in [-0.05, 0) is 31.5 Å². The molecule has 0 N–H and O–H groups in total. The molecule has 0 aliphatic heterocycles. The molecule has 1 amide bonds. The van der Waals surface area contributed by atoms with Crippen molar-refractivity contribution in [2.75, 3.05) is 0 Å². The van der Waals surface area contributed by atoms with Crippen LogP contribution in [0.4, 0.5) is 0 Å². The molecule has 3 heteroatoms. The van der Waals surface area contributed by atoms with Gasteiger partial charge in [0.15, 0.2) is 0 Å². The third kappa shape index (κ3) is 4.00. The lowest BCUT2D eigenvalue weighted by Crippen LogP contribution is -2.39. The Morgan fingerprint density at radius 1 is 1.05 bits per heavy atom. The second-order valence-electron chi connectivity index (χ2n) is 6.33. The minimum Gasteiger partial charge on any atom is -0.345 e. The van der Waals surface area contributed by atoms with Gasteiger partial charge in [0.05, 0.1) is 6.54 Å². The fourth-order valence-electron chi connectivity index (χ4n) is 2.55. The van der Waals surface area contributed by atoms with Crippen LogP contribution >= 0.6 is 0 Å². The van der Waals surface area contributed by atoms with Crippen molar-refractivity contribution in [3.8, 4) is 0 Å². The Hall–Kier alpha value is -2.03. The van der Waals surface area contributed by atoms with Gasteiger partial charge in [-0.15, -0.1) is 0 Å². The Bertz CT molecular complexity index is 599. The molecule has 0 radical (unpaired) electrons. The maximum atomic E-state index is 12.4. The van der Waals surface area contributed by atoms with Gasteiger partial charge in [-0.25, -0.2) is 0 Å². The highest BCUT2D eigenvalue weighted by Gasteiger charge is 2.21. The number of benzene rings is 1. The molecule has 118 valence electrons. The zero-order chi connectivity index (χ0) is 16.1. The molecular formula is C19H26N2O. The van der Waals surface area contributed by atoms with Crippen LogP contribution in [0.2, 0.25) is 0 Å². The first-order valence-electron chi connectivity index (χ1n) is 7.97. The van der Waals surface area contributed by atoms with Crippen LogP contribution < -0.4 is 0 Å². The fourth-order valence-corrected chi connectivity index (χ4v) is 2.55. The van der Waals surface area contributed by atoms with E-state index in [2.05, 4.69) is 61.0 Å². The van der Waals surface area contributed by atoms with Crippen LogP contribution in [0.5, 0.6) is 0 Å². The predicted molar refractivity (Wildman–Crippen MR) is 90.5 cm³/mol. The van der Waals surface area contributed by atoms with E-state index in [0.717, 1.165) is 6.54 Å². The van der Waals surface area contributed by atoms with Crippen LogP contribution in [-0.4, -0.2) is 21.4 Å². The number of hydrogen-bond acceptors (Lipinski definition) is 1. The van der Waals surface area contributed by atoms with Crippen molar-refractivity contribution in [1.82, 2.24) is 9.47 Å². The van der Waals surface area contributed by atoms with Crippen molar-refractivity contribution >= 4 is 5.91 Å². The van der Waals surface area contributed by atoms with Crippen LogP contribution in [0.1, 0.15) is 39.0 Å². The lowest BCUT2D eigenvalue weighted by atomic mass is 10.1. The molecule has 0 fully saturated rings. The van der Waals surface area contributed by atoms with Gasteiger partial charge in [0.25, 0.3) is 0 Å². The maximum Gasteiger partial charge on any atom is 0.225 e. The Morgan fingerprint density at radius 3 is 2.32 bits per heavy atom. The molecule has 1 heterocycles. The lowest BCUT2D eigenvalue weighted by molar-refractivity contribution is -0.136. The van der Waals surface area contributed by atoms with Crippen molar-refractivity contribution in [1.29, 1.82) is 0 Å². The Balaban J connectivity index is 2.16.